The smallest absolute Gasteiger partial charge is 0.252 e. The van der Waals surface area contributed by atoms with Crippen molar-refractivity contribution in [3.8, 4) is 0 Å². The lowest BCUT2D eigenvalue weighted by molar-refractivity contribution is -0.115. The summed E-state index contributed by atoms with van der Waals surface area (Å²) in [6.45, 7) is 6.39. The Bertz CT molecular complexity index is 1070. The van der Waals surface area contributed by atoms with Gasteiger partial charge in [-0.2, -0.15) is 4.31 Å². The molecule has 2 aromatic carbocycles. The Kier molecular flexibility index (Phi) is 6.58. The summed E-state index contributed by atoms with van der Waals surface area (Å²) in [6.07, 6.45) is 1.68. The van der Waals surface area contributed by atoms with Crippen LogP contribution in [0.1, 0.15) is 39.9 Å². The summed E-state index contributed by atoms with van der Waals surface area (Å²) >= 11 is 0. The molecule has 7 nitrogen and oxygen atoms in total. The van der Waals surface area contributed by atoms with Crippen molar-refractivity contribution in [1.29, 1.82) is 0 Å². The van der Waals surface area contributed by atoms with Gasteiger partial charge in [0.05, 0.1) is 11.4 Å². The molecule has 1 aliphatic heterocycles. The first-order valence-corrected chi connectivity index (χ1v) is 11.4. The highest BCUT2D eigenvalue weighted by atomic mass is 32.2. The Balaban J connectivity index is 1.69. The molecular weight excluding hydrogens is 402 g/mol. The number of aryl methyl sites for hydroxylation is 2. The van der Waals surface area contributed by atoms with Crippen molar-refractivity contribution in [1.82, 2.24) is 9.62 Å². The van der Waals surface area contributed by atoms with Gasteiger partial charge in [0, 0.05) is 24.3 Å². The molecule has 0 unspecified atom stereocenters. The minimum Gasteiger partial charge on any atom is -0.343 e. The van der Waals surface area contributed by atoms with Gasteiger partial charge >= 0.3 is 0 Å². The molecule has 0 bridgehead atoms. The molecular formula is C22H27N3O4S. The number of sulfonamides is 1. The highest BCUT2D eigenvalue weighted by molar-refractivity contribution is 7.89. The summed E-state index contributed by atoms with van der Waals surface area (Å²) in [6, 6.07) is 10.1. The van der Waals surface area contributed by atoms with Crippen LogP contribution in [0.2, 0.25) is 0 Å². The van der Waals surface area contributed by atoms with E-state index < -0.39 is 15.9 Å². The van der Waals surface area contributed by atoms with E-state index in [1.165, 1.54) is 16.4 Å². The van der Waals surface area contributed by atoms with E-state index in [4.69, 9.17) is 0 Å². The quantitative estimate of drug-likeness (QED) is 0.738. The second-order valence-electron chi connectivity index (χ2n) is 7.57. The molecule has 2 N–H and O–H groups in total. The van der Waals surface area contributed by atoms with Gasteiger partial charge in [0.25, 0.3) is 5.91 Å². The molecule has 3 rings (SSSR count). The number of nitrogens with zero attached hydrogens (tertiary/aromatic N) is 1. The molecule has 8 heteroatoms. The molecule has 2 aromatic rings. The van der Waals surface area contributed by atoms with Crippen molar-refractivity contribution in [2.24, 2.45) is 0 Å². The number of amides is 2. The third-order valence-corrected chi connectivity index (χ3v) is 7.34. The molecule has 1 aliphatic rings. The summed E-state index contributed by atoms with van der Waals surface area (Å²) in [5.74, 6) is -0.836. The standard InChI is InChI=1S/C22H27N3O4S/c1-15-7-6-8-20(17(15)3)24-21(26)14-23-22(27)19-13-18(10-9-16(19)2)30(28,29)25-11-4-5-12-25/h6-10,13H,4-5,11-12,14H2,1-3H3,(H,23,27)(H,24,26). The van der Waals surface area contributed by atoms with Gasteiger partial charge in [-0.1, -0.05) is 18.2 Å². The largest absolute Gasteiger partial charge is 0.343 e. The topological polar surface area (TPSA) is 95.6 Å². The first-order chi connectivity index (χ1) is 14.2. The van der Waals surface area contributed by atoms with Crippen molar-refractivity contribution in [2.45, 2.75) is 38.5 Å². The van der Waals surface area contributed by atoms with Crippen molar-refractivity contribution < 1.29 is 18.0 Å². The number of benzene rings is 2. The number of nitrogens with one attached hydrogen (secondary N) is 2. The van der Waals surface area contributed by atoms with Gasteiger partial charge in [-0.15, -0.1) is 0 Å². The zero-order valence-corrected chi connectivity index (χ0v) is 18.3. The molecule has 1 fully saturated rings. The Labute approximate surface area is 177 Å². The fourth-order valence-electron chi connectivity index (χ4n) is 3.42. The van der Waals surface area contributed by atoms with E-state index in [9.17, 15) is 18.0 Å². The van der Waals surface area contributed by atoms with Crippen LogP contribution in [-0.4, -0.2) is 44.2 Å². The molecule has 160 valence electrons. The Morgan fingerprint density at radius 1 is 1.00 bits per heavy atom. The van der Waals surface area contributed by atoms with Gasteiger partial charge in [-0.05, 0) is 68.5 Å². The number of anilines is 1. The molecule has 30 heavy (non-hydrogen) atoms. The molecule has 2 amide bonds. The maximum absolute atomic E-state index is 12.8. The molecule has 0 atom stereocenters. The number of carbonyl (C=O) groups excluding carboxylic acids is 2. The van der Waals surface area contributed by atoms with Crippen molar-refractivity contribution in [2.75, 3.05) is 25.0 Å². The number of hydrogen-bond acceptors (Lipinski definition) is 4. The fourth-order valence-corrected chi connectivity index (χ4v) is 4.96. The van der Waals surface area contributed by atoms with E-state index in [0.717, 1.165) is 24.0 Å². The highest BCUT2D eigenvalue weighted by Gasteiger charge is 2.28. The number of rotatable bonds is 6. The van der Waals surface area contributed by atoms with E-state index in [-0.39, 0.29) is 22.9 Å². The first kappa shape index (κ1) is 22.0. The Morgan fingerprint density at radius 3 is 2.40 bits per heavy atom. The lowest BCUT2D eigenvalue weighted by Gasteiger charge is -2.17. The summed E-state index contributed by atoms with van der Waals surface area (Å²) in [5.41, 5.74) is 3.61. The second kappa shape index (κ2) is 8.97. The predicted octanol–water partition coefficient (Wildman–Crippen LogP) is 2.76. The van der Waals surface area contributed by atoms with Crippen LogP contribution in [0.15, 0.2) is 41.3 Å². The van der Waals surface area contributed by atoms with Gasteiger partial charge < -0.3 is 10.6 Å². The predicted molar refractivity (Wildman–Crippen MR) is 116 cm³/mol. The van der Waals surface area contributed by atoms with Crippen LogP contribution in [-0.2, 0) is 14.8 Å². The Morgan fingerprint density at radius 2 is 1.70 bits per heavy atom. The van der Waals surface area contributed by atoms with Gasteiger partial charge in [0.1, 0.15) is 0 Å². The van der Waals surface area contributed by atoms with E-state index in [1.54, 1.807) is 19.1 Å². The average molecular weight is 430 g/mol. The lowest BCUT2D eigenvalue weighted by Crippen LogP contribution is -2.33. The maximum atomic E-state index is 12.8. The first-order valence-electron chi connectivity index (χ1n) is 9.95. The van der Waals surface area contributed by atoms with Crippen LogP contribution in [0.3, 0.4) is 0 Å². The van der Waals surface area contributed by atoms with Gasteiger partial charge in [0.15, 0.2) is 0 Å². The van der Waals surface area contributed by atoms with Gasteiger partial charge in [0.2, 0.25) is 15.9 Å². The van der Waals surface area contributed by atoms with Gasteiger partial charge in [-0.3, -0.25) is 9.59 Å². The molecule has 0 spiro atoms. The van der Waals surface area contributed by atoms with Crippen molar-refractivity contribution in [3.05, 3.63) is 58.7 Å². The van der Waals surface area contributed by atoms with Crippen LogP contribution in [0.25, 0.3) is 0 Å². The number of carbonyl (C=O) groups is 2. The second-order valence-corrected chi connectivity index (χ2v) is 9.50. The van der Waals surface area contributed by atoms with E-state index in [2.05, 4.69) is 10.6 Å². The monoisotopic (exact) mass is 429 g/mol. The third kappa shape index (κ3) is 4.71. The zero-order valence-electron chi connectivity index (χ0n) is 17.5. The Hall–Kier alpha value is -2.71. The third-order valence-electron chi connectivity index (χ3n) is 5.44. The highest BCUT2D eigenvalue weighted by Crippen LogP contribution is 2.23. The summed E-state index contributed by atoms with van der Waals surface area (Å²) in [7, 11) is -3.62. The summed E-state index contributed by atoms with van der Waals surface area (Å²) < 4.78 is 27.0. The van der Waals surface area contributed by atoms with E-state index in [1.807, 2.05) is 26.0 Å². The average Bonchev–Trinajstić information content (AvgIpc) is 3.25. The van der Waals surface area contributed by atoms with Crippen LogP contribution >= 0.6 is 0 Å². The van der Waals surface area contributed by atoms with E-state index in [0.29, 0.717) is 24.3 Å². The van der Waals surface area contributed by atoms with E-state index >= 15 is 0 Å². The molecule has 1 saturated heterocycles. The number of hydrogen-bond donors (Lipinski definition) is 2. The minimum atomic E-state index is -3.62. The summed E-state index contributed by atoms with van der Waals surface area (Å²) in [4.78, 5) is 25.0. The van der Waals surface area contributed by atoms with Crippen LogP contribution < -0.4 is 10.6 Å². The normalized spacial score (nSPS) is 14.5. The fraction of sp³-hybridized carbons (Fsp3) is 0.364. The van der Waals surface area contributed by atoms with Crippen molar-refractivity contribution in [3.63, 3.8) is 0 Å². The minimum absolute atomic E-state index is 0.0972. The summed E-state index contributed by atoms with van der Waals surface area (Å²) in [5, 5.41) is 5.37. The van der Waals surface area contributed by atoms with Crippen LogP contribution in [0.5, 0.6) is 0 Å². The SMILES string of the molecule is Cc1ccc(S(=O)(=O)N2CCCC2)cc1C(=O)NCC(=O)Nc1cccc(C)c1C. The van der Waals surface area contributed by atoms with Gasteiger partial charge in [-0.25, -0.2) is 8.42 Å². The van der Waals surface area contributed by atoms with Crippen LogP contribution in [0, 0.1) is 20.8 Å². The molecule has 0 aliphatic carbocycles. The molecule has 0 saturated carbocycles. The molecule has 0 aromatic heterocycles. The molecule has 1 heterocycles. The zero-order chi connectivity index (χ0) is 21.9. The van der Waals surface area contributed by atoms with Crippen molar-refractivity contribution >= 4 is 27.5 Å². The molecule has 0 radical (unpaired) electrons. The maximum Gasteiger partial charge on any atom is 0.252 e. The lowest BCUT2D eigenvalue weighted by atomic mass is 10.1. The van der Waals surface area contributed by atoms with Crippen LogP contribution in [0.4, 0.5) is 5.69 Å².